The van der Waals surface area contributed by atoms with Crippen molar-refractivity contribution in [1.29, 1.82) is 0 Å². The van der Waals surface area contributed by atoms with Crippen molar-refractivity contribution < 1.29 is 14.3 Å². The molecule has 1 amide bonds. The molecule has 0 spiro atoms. The van der Waals surface area contributed by atoms with Gasteiger partial charge in [-0.1, -0.05) is 25.3 Å². The van der Waals surface area contributed by atoms with E-state index in [1.54, 1.807) is 4.90 Å². The van der Waals surface area contributed by atoms with Crippen molar-refractivity contribution in [3.05, 3.63) is 10.6 Å². The van der Waals surface area contributed by atoms with Crippen LogP contribution >= 0.6 is 11.5 Å². The quantitative estimate of drug-likeness (QED) is 0.781. The number of hydrogen-bond donors (Lipinski definition) is 0. The van der Waals surface area contributed by atoms with Crippen LogP contribution in [0.15, 0.2) is 0 Å². The third-order valence-electron chi connectivity index (χ3n) is 3.63. The molecule has 0 radical (unpaired) electrons. The summed E-state index contributed by atoms with van der Waals surface area (Å²) in [5.41, 5.74) is 0.431. The smallest absolute Gasteiger partial charge is 0.328 e. The van der Waals surface area contributed by atoms with Crippen LogP contribution < -0.4 is 0 Å². The molecule has 0 N–H and O–H groups in total. The second-order valence-corrected chi connectivity index (χ2v) is 6.99. The first kappa shape index (κ1) is 15.9. The highest BCUT2D eigenvalue weighted by atomic mass is 32.1. The Hall–Kier alpha value is -1.50. The molecule has 0 saturated carbocycles. The standard InChI is InChI=1S/C14H21N3O3S/c1-14(2,3)11-10(21-16-15-11)12(18)17-8-6-5-7-9(17)13(19)20-4/h9H,5-8H2,1-4H3/t9-/m1/s1. The van der Waals surface area contributed by atoms with Crippen molar-refractivity contribution in [2.75, 3.05) is 13.7 Å². The first-order valence-electron chi connectivity index (χ1n) is 7.08. The molecule has 0 aliphatic carbocycles. The number of hydrogen-bond acceptors (Lipinski definition) is 6. The molecule has 116 valence electrons. The van der Waals surface area contributed by atoms with Crippen LogP contribution in [0.1, 0.15) is 55.4 Å². The summed E-state index contributed by atoms with van der Waals surface area (Å²) >= 11 is 1.10. The van der Waals surface area contributed by atoms with E-state index < -0.39 is 6.04 Å². The predicted molar refractivity (Wildman–Crippen MR) is 79.3 cm³/mol. The van der Waals surface area contributed by atoms with Gasteiger partial charge in [-0.15, -0.1) is 5.10 Å². The largest absolute Gasteiger partial charge is 0.467 e. The SMILES string of the molecule is COC(=O)[C@H]1CCCCN1C(=O)c1snnc1C(C)(C)C. The van der Waals surface area contributed by atoms with Crippen LogP contribution in [0.4, 0.5) is 0 Å². The minimum absolute atomic E-state index is 0.162. The molecule has 2 heterocycles. The fourth-order valence-corrected chi connectivity index (χ4v) is 3.34. The molecule has 1 fully saturated rings. The Bertz CT molecular complexity index is 536. The van der Waals surface area contributed by atoms with Gasteiger partial charge >= 0.3 is 5.97 Å². The highest BCUT2D eigenvalue weighted by Gasteiger charge is 2.36. The average Bonchev–Trinajstić information content (AvgIpc) is 2.95. The maximum atomic E-state index is 12.8. The summed E-state index contributed by atoms with van der Waals surface area (Å²) in [6, 6.07) is -0.494. The highest BCUT2D eigenvalue weighted by Crippen LogP contribution is 2.29. The van der Waals surface area contributed by atoms with Crippen LogP contribution in [0.3, 0.4) is 0 Å². The fourth-order valence-electron chi connectivity index (χ4n) is 2.51. The van der Waals surface area contributed by atoms with Crippen molar-refractivity contribution in [2.24, 2.45) is 0 Å². The van der Waals surface area contributed by atoms with Gasteiger partial charge in [0.15, 0.2) is 0 Å². The molecule has 0 aromatic carbocycles. The number of carbonyl (C=O) groups excluding carboxylic acids is 2. The van der Waals surface area contributed by atoms with Gasteiger partial charge in [0.05, 0.1) is 12.8 Å². The highest BCUT2D eigenvalue weighted by molar-refractivity contribution is 7.08. The number of nitrogens with zero attached hydrogens (tertiary/aromatic N) is 3. The number of esters is 1. The Morgan fingerprint density at radius 2 is 2.05 bits per heavy atom. The van der Waals surface area contributed by atoms with Crippen molar-refractivity contribution in [3.8, 4) is 0 Å². The van der Waals surface area contributed by atoms with Gasteiger partial charge < -0.3 is 9.64 Å². The van der Waals surface area contributed by atoms with Gasteiger partial charge in [-0.05, 0) is 30.8 Å². The lowest BCUT2D eigenvalue weighted by molar-refractivity contribution is -0.147. The van der Waals surface area contributed by atoms with Gasteiger partial charge in [0.2, 0.25) is 0 Å². The van der Waals surface area contributed by atoms with Crippen LogP contribution in [0.2, 0.25) is 0 Å². The molecule has 1 aliphatic heterocycles. The minimum Gasteiger partial charge on any atom is -0.467 e. The Kier molecular flexibility index (Phi) is 4.61. The second kappa shape index (κ2) is 6.09. The number of aromatic nitrogens is 2. The Morgan fingerprint density at radius 3 is 2.67 bits per heavy atom. The lowest BCUT2D eigenvalue weighted by atomic mass is 9.91. The Labute approximate surface area is 128 Å². The van der Waals surface area contributed by atoms with Crippen LogP contribution in [-0.2, 0) is 14.9 Å². The van der Waals surface area contributed by atoms with Gasteiger partial charge in [-0.3, -0.25) is 4.79 Å². The molecule has 1 aromatic rings. The third kappa shape index (κ3) is 3.23. The average molecular weight is 311 g/mol. The molecule has 0 unspecified atom stereocenters. The normalized spacial score (nSPS) is 19.4. The predicted octanol–water partition coefficient (Wildman–Crippen LogP) is 2.00. The molecule has 2 rings (SSSR count). The molecule has 1 saturated heterocycles. The summed E-state index contributed by atoms with van der Waals surface area (Å²) in [5.74, 6) is -0.511. The summed E-state index contributed by atoms with van der Waals surface area (Å²) in [6.45, 7) is 6.55. The van der Waals surface area contributed by atoms with E-state index in [-0.39, 0.29) is 17.3 Å². The summed E-state index contributed by atoms with van der Waals surface area (Å²) < 4.78 is 8.75. The first-order chi connectivity index (χ1) is 9.86. The van der Waals surface area contributed by atoms with Crippen LogP contribution in [0.5, 0.6) is 0 Å². The van der Waals surface area contributed by atoms with Crippen molar-refractivity contribution >= 4 is 23.4 Å². The number of likely N-dealkylation sites (tertiary alicyclic amines) is 1. The van der Waals surface area contributed by atoms with E-state index in [0.29, 0.717) is 23.5 Å². The number of rotatable bonds is 2. The van der Waals surface area contributed by atoms with Gasteiger partial charge in [0.25, 0.3) is 5.91 Å². The third-order valence-corrected chi connectivity index (χ3v) is 4.34. The minimum atomic E-state index is -0.494. The van der Waals surface area contributed by atoms with Crippen LogP contribution in [-0.4, -0.2) is 46.1 Å². The zero-order valence-electron chi connectivity index (χ0n) is 12.9. The van der Waals surface area contributed by atoms with Gasteiger partial charge in [0, 0.05) is 12.0 Å². The topological polar surface area (TPSA) is 72.4 Å². The zero-order valence-corrected chi connectivity index (χ0v) is 13.7. The van der Waals surface area contributed by atoms with Crippen molar-refractivity contribution in [1.82, 2.24) is 14.5 Å². The maximum absolute atomic E-state index is 12.8. The molecule has 1 aliphatic rings. The van der Waals surface area contributed by atoms with E-state index in [1.807, 2.05) is 20.8 Å². The fraction of sp³-hybridized carbons (Fsp3) is 0.714. The van der Waals surface area contributed by atoms with E-state index in [0.717, 1.165) is 24.4 Å². The maximum Gasteiger partial charge on any atom is 0.328 e. The lowest BCUT2D eigenvalue weighted by Gasteiger charge is -2.33. The summed E-state index contributed by atoms with van der Waals surface area (Å²) in [5, 5.41) is 4.10. The van der Waals surface area contributed by atoms with E-state index in [1.165, 1.54) is 7.11 Å². The monoisotopic (exact) mass is 311 g/mol. The number of carbonyl (C=O) groups is 2. The molecule has 21 heavy (non-hydrogen) atoms. The molecule has 7 heteroatoms. The number of ether oxygens (including phenoxy) is 1. The van der Waals surface area contributed by atoms with E-state index >= 15 is 0 Å². The molecular formula is C14H21N3O3S. The number of methoxy groups -OCH3 is 1. The van der Waals surface area contributed by atoms with Gasteiger partial charge in [-0.2, -0.15) is 0 Å². The van der Waals surface area contributed by atoms with Crippen molar-refractivity contribution in [2.45, 2.75) is 51.5 Å². The van der Waals surface area contributed by atoms with Gasteiger partial charge in [-0.25, -0.2) is 4.79 Å². The van der Waals surface area contributed by atoms with Crippen LogP contribution in [0.25, 0.3) is 0 Å². The number of piperidine rings is 1. The number of amides is 1. The van der Waals surface area contributed by atoms with Crippen molar-refractivity contribution in [3.63, 3.8) is 0 Å². The molecule has 6 nitrogen and oxygen atoms in total. The Morgan fingerprint density at radius 1 is 1.33 bits per heavy atom. The molecule has 1 aromatic heterocycles. The summed E-state index contributed by atoms with van der Waals surface area (Å²) in [4.78, 5) is 26.8. The summed E-state index contributed by atoms with van der Waals surface area (Å²) in [6.07, 6.45) is 2.47. The van der Waals surface area contributed by atoms with Gasteiger partial charge in [0.1, 0.15) is 10.9 Å². The van der Waals surface area contributed by atoms with E-state index in [4.69, 9.17) is 4.74 Å². The lowest BCUT2D eigenvalue weighted by Crippen LogP contribution is -2.48. The molecule has 1 atom stereocenters. The zero-order chi connectivity index (χ0) is 15.6. The summed E-state index contributed by atoms with van der Waals surface area (Å²) in [7, 11) is 1.36. The second-order valence-electron chi connectivity index (χ2n) is 6.23. The first-order valence-corrected chi connectivity index (χ1v) is 7.85. The Balaban J connectivity index is 2.30. The van der Waals surface area contributed by atoms with E-state index in [2.05, 4.69) is 9.59 Å². The van der Waals surface area contributed by atoms with E-state index in [9.17, 15) is 9.59 Å². The molecule has 0 bridgehead atoms. The molecular weight excluding hydrogens is 290 g/mol. The van der Waals surface area contributed by atoms with Crippen LogP contribution in [0, 0.1) is 0 Å².